The van der Waals surface area contributed by atoms with E-state index in [1.807, 2.05) is 18.2 Å². The zero-order valence-electron chi connectivity index (χ0n) is 18.0. The van der Waals surface area contributed by atoms with Crippen molar-refractivity contribution in [2.45, 2.75) is 0 Å². The number of anilines is 1. The lowest BCUT2D eigenvalue weighted by molar-refractivity contribution is -0.122. The van der Waals surface area contributed by atoms with Gasteiger partial charge >= 0.3 is 0 Å². The molecular formula is C26H20N2O5S. The summed E-state index contributed by atoms with van der Waals surface area (Å²) in [4.78, 5) is 51.0. The molecule has 1 fully saturated rings. The van der Waals surface area contributed by atoms with Crippen LogP contribution in [0.1, 0.15) is 15.9 Å². The van der Waals surface area contributed by atoms with E-state index in [9.17, 15) is 19.2 Å². The number of hydrogen-bond acceptors (Lipinski definition) is 6. The zero-order valence-corrected chi connectivity index (χ0v) is 18.8. The number of carbonyl (C=O) groups excluding carboxylic acids is 4. The quantitative estimate of drug-likeness (QED) is 0.380. The van der Waals surface area contributed by atoms with Gasteiger partial charge in [-0.05, 0) is 36.0 Å². The lowest BCUT2D eigenvalue weighted by Gasteiger charge is -2.11. The van der Waals surface area contributed by atoms with Gasteiger partial charge in [-0.3, -0.25) is 24.1 Å². The lowest BCUT2D eigenvalue weighted by atomic mass is 10.1. The van der Waals surface area contributed by atoms with Crippen LogP contribution in [0.25, 0.3) is 6.08 Å². The van der Waals surface area contributed by atoms with Gasteiger partial charge in [-0.2, -0.15) is 0 Å². The summed E-state index contributed by atoms with van der Waals surface area (Å²) in [6.45, 7) is -0.559. The van der Waals surface area contributed by atoms with Gasteiger partial charge in [-0.25, -0.2) is 0 Å². The molecular weight excluding hydrogens is 452 g/mol. The van der Waals surface area contributed by atoms with Crippen LogP contribution in [0, 0.1) is 0 Å². The largest absolute Gasteiger partial charge is 0.483 e. The second-order valence-electron chi connectivity index (χ2n) is 7.30. The molecule has 1 heterocycles. The minimum absolute atomic E-state index is 0.177. The number of benzene rings is 3. The molecule has 0 bridgehead atoms. The number of amides is 3. The van der Waals surface area contributed by atoms with E-state index < -0.39 is 11.1 Å². The second kappa shape index (κ2) is 10.6. The summed E-state index contributed by atoms with van der Waals surface area (Å²) in [5.74, 6) is -0.813. The maximum atomic E-state index is 12.8. The van der Waals surface area contributed by atoms with E-state index in [0.29, 0.717) is 22.6 Å². The van der Waals surface area contributed by atoms with Crippen molar-refractivity contribution < 1.29 is 23.9 Å². The van der Waals surface area contributed by atoms with Crippen LogP contribution in [0.5, 0.6) is 5.75 Å². The van der Waals surface area contributed by atoms with E-state index in [0.717, 1.165) is 16.7 Å². The van der Waals surface area contributed by atoms with Crippen LogP contribution in [-0.4, -0.2) is 40.9 Å². The third-order valence-electron chi connectivity index (χ3n) is 4.89. The zero-order chi connectivity index (χ0) is 23.9. The smallest absolute Gasteiger partial charge is 0.293 e. The Balaban J connectivity index is 1.43. The molecule has 4 rings (SSSR count). The Morgan fingerprint density at radius 1 is 0.882 bits per heavy atom. The Labute approximate surface area is 200 Å². The summed E-state index contributed by atoms with van der Waals surface area (Å²) < 4.78 is 5.66. The van der Waals surface area contributed by atoms with Gasteiger partial charge in [-0.1, -0.05) is 66.7 Å². The van der Waals surface area contributed by atoms with Crippen molar-refractivity contribution in [2.24, 2.45) is 0 Å². The van der Waals surface area contributed by atoms with Crippen LogP contribution in [0.3, 0.4) is 0 Å². The van der Waals surface area contributed by atoms with Gasteiger partial charge in [0.25, 0.3) is 17.1 Å². The van der Waals surface area contributed by atoms with Crippen LogP contribution >= 0.6 is 11.8 Å². The van der Waals surface area contributed by atoms with Crippen molar-refractivity contribution in [3.8, 4) is 5.75 Å². The summed E-state index contributed by atoms with van der Waals surface area (Å²) in [5.41, 5.74) is 1.62. The highest BCUT2D eigenvalue weighted by Crippen LogP contribution is 2.34. The van der Waals surface area contributed by atoms with Crippen LogP contribution < -0.4 is 10.1 Å². The first kappa shape index (κ1) is 23.0. The number of nitrogens with one attached hydrogen (secondary N) is 1. The van der Waals surface area contributed by atoms with E-state index in [2.05, 4.69) is 5.32 Å². The van der Waals surface area contributed by atoms with Crippen LogP contribution in [0.2, 0.25) is 0 Å². The topological polar surface area (TPSA) is 92.8 Å². The van der Waals surface area contributed by atoms with Gasteiger partial charge in [0.15, 0.2) is 12.4 Å². The summed E-state index contributed by atoms with van der Waals surface area (Å²) >= 11 is 0.760. The van der Waals surface area contributed by atoms with Gasteiger partial charge < -0.3 is 10.1 Å². The fourth-order valence-electron chi connectivity index (χ4n) is 3.23. The van der Waals surface area contributed by atoms with Crippen molar-refractivity contribution in [1.82, 2.24) is 4.90 Å². The molecule has 1 saturated heterocycles. The molecule has 170 valence electrons. The number of rotatable bonds is 8. The molecule has 0 spiro atoms. The minimum Gasteiger partial charge on any atom is -0.483 e. The normalized spacial score (nSPS) is 14.4. The Bertz CT molecular complexity index is 1260. The number of thioether (sulfide) groups is 1. The summed E-state index contributed by atoms with van der Waals surface area (Å²) in [6.07, 6.45) is 1.53. The first-order chi connectivity index (χ1) is 16.5. The Kier molecular flexibility index (Phi) is 7.19. The van der Waals surface area contributed by atoms with E-state index in [1.54, 1.807) is 66.7 Å². The van der Waals surface area contributed by atoms with Gasteiger partial charge in [0.1, 0.15) is 5.75 Å². The Hall–Kier alpha value is -4.17. The van der Waals surface area contributed by atoms with Gasteiger partial charge in [0, 0.05) is 16.8 Å². The standard InChI is InChI=1S/C26H20N2O5S/c29-21(18-9-3-1-4-10-18)16-28-25(31)23(34-26(28)32)15-19-11-7-8-14-22(19)33-17-24(30)27-20-12-5-2-6-13-20/h1-15H,16-17H2,(H,27,30)/b23-15+. The van der Waals surface area contributed by atoms with Gasteiger partial charge in [-0.15, -0.1) is 0 Å². The third-order valence-corrected chi connectivity index (χ3v) is 5.80. The molecule has 3 aromatic rings. The molecule has 1 aliphatic heterocycles. The molecule has 34 heavy (non-hydrogen) atoms. The first-order valence-electron chi connectivity index (χ1n) is 10.4. The first-order valence-corrected chi connectivity index (χ1v) is 11.2. The third kappa shape index (κ3) is 5.60. The van der Waals surface area contributed by atoms with Crippen molar-refractivity contribution in [1.29, 1.82) is 0 Å². The SMILES string of the molecule is O=C(COc1ccccc1/C=C1/SC(=O)N(CC(=O)c2ccccc2)C1=O)Nc1ccccc1. The number of ketones is 1. The molecule has 0 aliphatic carbocycles. The average molecular weight is 473 g/mol. The van der Waals surface area contributed by atoms with Crippen LogP contribution in [-0.2, 0) is 9.59 Å². The summed E-state index contributed by atoms with van der Waals surface area (Å²) in [5, 5.41) is 2.22. The van der Waals surface area contributed by atoms with E-state index in [1.165, 1.54) is 6.08 Å². The van der Waals surface area contributed by atoms with E-state index in [4.69, 9.17) is 4.74 Å². The number of nitrogens with zero attached hydrogens (tertiary/aromatic N) is 1. The minimum atomic E-state index is -0.545. The van der Waals surface area contributed by atoms with E-state index >= 15 is 0 Å². The number of para-hydroxylation sites is 2. The highest BCUT2D eigenvalue weighted by atomic mass is 32.2. The van der Waals surface area contributed by atoms with Crippen molar-refractivity contribution in [3.63, 3.8) is 0 Å². The molecule has 8 heteroatoms. The maximum absolute atomic E-state index is 12.8. The highest BCUT2D eigenvalue weighted by molar-refractivity contribution is 8.18. The number of carbonyl (C=O) groups is 4. The second-order valence-corrected chi connectivity index (χ2v) is 8.29. The molecule has 0 radical (unpaired) electrons. The predicted molar refractivity (Wildman–Crippen MR) is 130 cm³/mol. The van der Waals surface area contributed by atoms with Crippen molar-refractivity contribution in [2.75, 3.05) is 18.5 Å². The molecule has 0 saturated carbocycles. The summed E-state index contributed by atoms with van der Waals surface area (Å²) in [6, 6.07) is 24.4. The number of imide groups is 1. The van der Waals surface area contributed by atoms with Crippen molar-refractivity contribution in [3.05, 3.63) is 101 Å². The summed E-state index contributed by atoms with van der Waals surface area (Å²) in [7, 11) is 0. The molecule has 3 aromatic carbocycles. The average Bonchev–Trinajstić information content (AvgIpc) is 3.12. The van der Waals surface area contributed by atoms with Gasteiger partial charge in [0.2, 0.25) is 0 Å². The molecule has 1 N–H and O–H groups in total. The fourth-order valence-corrected chi connectivity index (χ4v) is 4.06. The number of Topliss-reactive ketones (excluding diaryl/α,β-unsaturated/α-hetero) is 1. The predicted octanol–water partition coefficient (Wildman–Crippen LogP) is 4.62. The molecule has 0 atom stereocenters. The number of ether oxygens (including phenoxy) is 1. The van der Waals surface area contributed by atoms with Crippen LogP contribution in [0.4, 0.5) is 10.5 Å². The number of hydrogen-bond donors (Lipinski definition) is 1. The monoisotopic (exact) mass is 472 g/mol. The van der Waals surface area contributed by atoms with Crippen molar-refractivity contribution >= 4 is 46.4 Å². The molecule has 3 amide bonds. The molecule has 1 aliphatic rings. The lowest BCUT2D eigenvalue weighted by Crippen LogP contribution is -2.33. The Morgan fingerprint density at radius 3 is 2.26 bits per heavy atom. The maximum Gasteiger partial charge on any atom is 0.293 e. The molecule has 0 unspecified atom stereocenters. The Morgan fingerprint density at radius 2 is 1.53 bits per heavy atom. The van der Waals surface area contributed by atoms with Crippen LogP contribution in [0.15, 0.2) is 89.8 Å². The highest BCUT2D eigenvalue weighted by Gasteiger charge is 2.36. The fraction of sp³-hybridized carbons (Fsp3) is 0.0769. The van der Waals surface area contributed by atoms with Gasteiger partial charge in [0.05, 0.1) is 11.4 Å². The molecule has 0 aromatic heterocycles. The molecule has 7 nitrogen and oxygen atoms in total. The van der Waals surface area contributed by atoms with E-state index in [-0.39, 0.29) is 29.7 Å².